The molecule has 5 nitrogen and oxygen atoms in total. The van der Waals surface area contributed by atoms with Crippen molar-refractivity contribution in [3.63, 3.8) is 0 Å². The second kappa shape index (κ2) is 8.14. The molecule has 0 aliphatic carbocycles. The fourth-order valence-electron chi connectivity index (χ4n) is 2.45. The third-order valence-corrected chi connectivity index (χ3v) is 4.32. The quantitative estimate of drug-likeness (QED) is 0.666. The van der Waals surface area contributed by atoms with Gasteiger partial charge in [-0.25, -0.2) is 14.4 Å². The van der Waals surface area contributed by atoms with Crippen LogP contribution in [0.3, 0.4) is 0 Å². The molecule has 0 atom stereocenters. The molecule has 1 heterocycles. The minimum Gasteiger partial charge on any atom is -0.350 e. The Kier molecular flexibility index (Phi) is 5.66. The first kappa shape index (κ1) is 18.8. The van der Waals surface area contributed by atoms with E-state index in [0.29, 0.717) is 22.0 Å². The van der Waals surface area contributed by atoms with E-state index in [0.717, 1.165) is 5.56 Å². The maximum atomic E-state index is 13.7. The van der Waals surface area contributed by atoms with E-state index in [9.17, 15) is 9.18 Å². The van der Waals surface area contributed by atoms with Gasteiger partial charge in [-0.05, 0) is 43.7 Å². The van der Waals surface area contributed by atoms with E-state index >= 15 is 0 Å². The smallest absolute Gasteiger partial charge is 0.274 e. The summed E-state index contributed by atoms with van der Waals surface area (Å²) in [6.07, 6.45) is 0. The molecule has 0 saturated heterocycles. The molecule has 0 bridgehead atoms. The van der Waals surface area contributed by atoms with Crippen molar-refractivity contribution >= 4 is 29.1 Å². The molecule has 0 radical (unpaired) electrons. The van der Waals surface area contributed by atoms with Gasteiger partial charge in [0.25, 0.3) is 5.91 Å². The molecule has 3 rings (SSSR count). The predicted molar refractivity (Wildman–Crippen MR) is 105 cm³/mol. The number of halogens is 2. The van der Waals surface area contributed by atoms with E-state index in [-0.39, 0.29) is 29.9 Å². The lowest BCUT2D eigenvalue weighted by Gasteiger charge is -2.10. The van der Waals surface area contributed by atoms with Crippen LogP contribution < -0.4 is 10.6 Å². The average molecular weight is 385 g/mol. The van der Waals surface area contributed by atoms with E-state index in [4.69, 9.17) is 11.6 Å². The van der Waals surface area contributed by atoms with Gasteiger partial charge >= 0.3 is 0 Å². The number of carbonyl (C=O) groups excluding carboxylic acids is 1. The first-order valence-electron chi connectivity index (χ1n) is 8.33. The van der Waals surface area contributed by atoms with E-state index in [1.807, 2.05) is 13.0 Å². The van der Waals surface area contributed by atoms with Gasteiger partial charge in [-0.1, -0.05) is 35.9 Å². The van der Waals surface area contributed by atoms with Crippen molar-refractivity contribution < 1.29 is 9.18 Å². The number of nitrogens with one attached hydrogen (secondary N) is 2. The standard InChI is InChI=1S/C20H18ClFN4O/c1-12-7-8-15(10-16(12)21)25-19(27)18-9-13(2)24-20(26-18)23-11-14-5-3-4-6-17(14)22/h3-10H,11H2,1-2H3,(H,25,27)(H,23,24,26). The van der Waals surface area contributed by atoms with E-state index in [2.05, 4.69) is 20.6 Å². The molecule has 0 spiro atoms. The van der Waals surface area contributed by atoms with Crippen molar-refractivity contribution in [3.8, 4) is 0 Å². The third-order valence-electron chi connectivity index (χ3n) is 3.91. The summed E-state index contributed by atoms with van der Waals surface area (Å²) in [7, 11) is 0. The second-order valence-corrected chi connectivity index (χ2v) is 6.49. The molecule has 1 amide bonds. The van der Waals surface area contributed by atoms with Crippen molar-refractivity contribution in [2.45, 2.75) is 20.4 Å². The molecule has 1 aromatic heterocycles. The third kappa shape index (κ3) is 4.80. The SMILES string of the molecule is Cc1cc(C(=O)Nc2ccc(C)c(Cl)c2)nc(NCc2ccccc2F)n1. The number of aryl methyl sites for hydroxylation is 2. The van der Waals surface area contributed by atoms with Gasteiger partial charge in [0.05, 0.1) is 0 Å². The Bertz CT molecular complexity index is 993. The predicted octanol–water partition coefficient (Wildman–Crippen LogP) is 4.75. The zero-order valence-electron chi connectivity index (χ0n) is 14.9. The molecule has 0 saturated carbocycles. The van der Waals surface area contributed by atoms with Crippen LogP contribution in [0.1, 0.15) is 27.3 Å². The molecule has 138 valence electrons. The molecular weight excluding hydrogens is 367 g/mol. The highest BCUT2D eigenvalue weighted by Gasteiger charge is 2.12. The summed E-state index contributed by atoms with van der Waals surface area (Å²) in [5.74, 6) is -0.438. The number of hydrogen-bond acceptors (Lipinski definition) is 4. The van der Waals surface area contributed by atoms with Crippen molar-refractivity contribution in [1.29, 1.82) is 0 Å². The van der Waals surface area contributed by atoms with Gasteiger partial charge in [-0.3, -0.25) is 4.79 Å². The highest BCUT2D eigenvalue weighted by molar-refractivity contribution is 6.31. The van der Waals surface area contributed by atoms with Gasteiger partial charge in [0.2, 0.25) is 5.95 Å². The first-order chi connectivity index (χ1) is 12.9. The van der Waals surface area contributed by atoms with Crippen molar-refractivity contribution in [2.75, 3.05) is 10.6 Å². The van der Waals surface area contributed by atoms with Crippen LogP contribution in [-0.2, 0) is 6.54 Å². The van der Waals surface area contributed by atoms with Crippen LogP contribution in [0.25, 0.3) is 0 Å². The topological polar surface area (TPSA) is 66.9 Å². The Morgan fingerprint density at radius 1 is 1.11 bits per heavy atom. The minimum absolute atomic E-state index is 0.204. The van der Waals surface area contributed by atoms with E-state index in [1.54, 1.807) is 43.3 Å². The number of aromatic nitrogens is 2. The van der Waals surface area contributed by atoms with Crippen LogP contribution in [0.15, 0.2) is 48.5 Å². The maximum Gasteiger partial charge on any atom is 0.274 e. The monoisotopic (exact) mass is 384 g/mol. The highest BCUT2D eigenvalue weighted by atomic mass is 35.5. The van der Waals surface area contributed by atoms with Gasteiger partial charge < -0.3 is 10.6 Å². The van der Waals surface area contributed by atoms with Crippen LogP contribution in [0.4, 0.5) is 16.0 Å². The molecule has 7 heteroatoms. The summed E-state index contributed by atoms with van der Waals surface area (Å²) in [4.78, 5) is 21.0. The second-order valence-electron chi connectivity index (χ2n) is 6.08. The van der Waals surface area contributed by atoms with Crippen LogP contribution in [0, 0.1) is 19.7 Å². The van der Waals surface area contributed by atoms with Crippen molar-refractivity contribution in [3.05, 3.63) is 81.9 Å². The van der Waals surface area contributed by atoms with Crippen molar-refractivity contribution in [2.24, 2.45) is 0 Å². The van der Waals surface area contributed by atoms with Gasteiger partial charge in [-0.15, -0.1) is 0 Å². The summed E-state index contributed by atoms with van der Waals surface area (Å²) in [6.45, 7) is 3.86. The van der Waals surface area contributed by atoms with E-state index in [1.165, 1.54) is 6.07 Å². The highest BCUT2D eigenvalue weighted by Crippen LogP contribution is 2.20. The summed E-state index contributed by atoms with van der Waals surface area (Å²) in [6, 6.07) is 13.3. The van der Waals surface area contributed by atoms with E-state index < -0.39 is 0 Å². The Labute approximate surface area is 161 Å². The number of rotatable bonds is 5. The van der Waals surface area contributed by atoms with Crippen LogP contribution >= 0.6 is 11.6 Å². The zero-order chi connectivity index (χ0) is 19.4. The molecule has 0 aliphatic heterocycles. The minimum atomic E-state index is -0.380. The summed E-state index contributed by atoms with van der Waals surface area (Å²) < 4.78 is 13.7. The van der Waals surface area contributed by atoms with Crippen LogP contribution in [-0.4, -0.2) is 15.9 Å². The first-order valence-corrected chi connectivity index (χ1v) is 8.70. The normalized spacial score (nSPS) is 10.5. The Morgan fingerprint density at radius 2 is 1.89 bits per heavy atom. The van der Waals surface area contributed by atoms with Gasteiger partial charge in [0.1, 0.15) is 11.5 Å². The lowest BCUT2D eigenvalue weighted by Crippen LogP contribution is -2.16. The molecule has 0 unspecified atom stereocenters. The number of benzene rings is 2. The van der Waals surface area contributed by atoms with Crippen LogP contribution in [0.2, 0.25) is 5.02 Å². The lowest BCUT2D eigenvalue weighted by molar-refractivity contribution is 0.102. The van der Waals surface area contributed by atoms with Gasteiger partial charge in [0.15, 0.2) is 0 Å². The summed E-state index contributed by atoms with van der Waals surface area (Å²) in [5.41, 5.74) is 2.81. The molecule has 0 fully saturated rings. The molecule has 0 aliphatic rings. The Morgan fingerprint density at radius 3 is 2.63 bits per heavy atom. The number of hydrogen-bond donors (Lipinski definition) is 2. The number of anilines is 2. The lowest BCUT2D eigenvalue weighted by atomic mass is 10.2. The molecule has 2 aromatic carbocycles. The number of carbonyl (C=O) groups is 1. The molecular formula is C20H18ClFN4O. The number of amides is 1. The summed E-state index contributed by atoms with van der Waals surface area (Å²) >= 11 is 6.09. The maximum absolute atomic E-state index is 13.7. The Hall–Kier alpha value is -2.99. The molecule has 27 heavy (non-hydrogen) atoms. The average Bonchev–Trinajstić information content (AvgIpc) is 2.63. The zero-order valence-corrected chi connectivity index (χ0v) is 15.6. The van der Waals surface area contributed by atoms with Crippen LogP contribution in [0.5, 0.6) is 0 Å². The summed E-state index contributed by atoms with van der Waals surface area (Å²) in [5, 5.41) is 6.29. The molecule has 3 aromatic rings. The number of nitrogens with zero attached hydrogens (tertiary/aromatic N) is 2. The van der Waals surface area contributed by atoms with Crippen molar-refractivity contribution in [1.82, 2.24) is 9.97 Å². The fraction of sp³-hybridized carbons (Fsp3) is 0.150. The fourth-order valence-corrected chi connectivity index (χ4v) is 2.63. The Balaban J connectivity index is 1.75. The molecule has 2 N–H and O–H groups in total. The largest absolute Gasteiger partial charge is 0.350 e. The van der Waals surface area contributed by atoms with Gasteiger partial charge in [-0.2, -0.15) is 0 Å². The van der Waals surface area contributed by atoms with Gasteiger partial charge in [0, 0.05) is 28.5 Å².